The van der Waals surface area contributed by atoms with Crippen LogP contribution in [0.15, 0.2) is 35.0 Å². The maximum absolute atomic E-state index is 11.9. The van der Waals surface area contributed by atoms with E-state index in [1.165, 1.54) is 7.11 Å². The number of methoxy groups -OCH3 is 1. The summed E-state index contributed by atoms with van der Waals surface area (Å²) in [5, 5.41) is 6.64. The third kappa shape index (κ3) is 5.41. The predicted molar refractivity (Wildman–Crippen MR) is 90.0 cm³/mol. The number of nitrogens with one attached hydrogen (secondary N) is 1. The van der Waals surface area contributed by atoms with Crippen molar-refractivity contribution in [1.29, 1.82) is 0 Å². The van der Waals surface area contributed by atoms with Gasteiger partial charge in [-0.15, -0.1) is 0 Å². The van der Waals surface area contributed by atoms with E-state index in [0.29, 0.717) is 17.9 Å². The number of rotatable bonds is 7. The summed E-state index contributed by atoms with van der Waals surface area (Å²) in [7, 11) is 1.53. The molecule has 122 valence electrons. The van der Waals surface area contributed by atoms with E-state index in [1.807, 2.05) is 29.8 Å². The minimum absolute atomic E-state index is 0.262. The zero-order chi connectivity index (χ0) is 16.7. The van der Waals surface area contributed by atoms with E-state index in [0.717, 1.165) is 11.1 Å². The molecule has 1 N–H and O–H groups in total. The quantitative estimate of drug-likeness (QED) is 0.791. The van der Waals surface area contributed by atoms with E-state index in [2.05, 4.69) is 5.32 Å². The number of ether oxygens (including phenoxy) is 2. The van der Waals surface area contributed by atoms with Crippen LogP contribution < -0.4 is 10.1 Å². The maximum Gasteiger partial charge on any atom is 0.306 e. The summed E-state index contributed by atoms with van der Waals surface area (Å²) in [6.07, 6.45) is 0.882. The molecule has 2 aromatic rings. The van der Waals surface area contributed by atoms with Crippen molar-refractivity contribution in [3.05, 3.63) is 46.2 Å². The number of hydrogen-bond acceptors (Lipinski definition) is 5. The fourth-order valence-corrected chi connectivity index (χ4v) is 2.71. The molecule has 23 heavy (non-hydrogen) atoms. The summed E-state index contributed by atoms with van der Waals surface area (Å²) in [5.41, 5.74) is 2.65. The number of thiophene rings is 1. The van der Waals surface area contributed by atoms with Gasteiger partial charge in [0.25, 0.3) is 5.91 Å². The third-order valence-corrected chi connectivity index (χ3v) is 3.92. The predicted octanol–water partition coefficient (Wildman–Crippen LogP) is 3.18. The Morgan fingerprint density at radius 1 is 1.26 bits per heavy atom. The van der Waals surface area contributed by atoms with Gasteiger partial charge >= 0.3 is 5.97 Å². The van der Waals surface area contributed by atoms with Crippen LogP contribution in [0.3, 0.4) is 0 Å². The van der Waals surface area contributed by atoms with Gasteiger partial charge in [0, 0.05) is 6.42 Å². The molecule has 0 saturated carbocycles. The number of amides is 1. The first-order chi connectivity index (χ1) is 11.1. The molecule has 0 unspecified atom stereocenters. The standard InChI is InChI=1S/C17H19NO4S/c1-12-3-5-15(21-2)14(9-12)18-16(19)10-22-17(20)6-4-13-7-8-23-11-13/h3,5,7-9,11H,4,6,10H2,1-2H3,(H,18,19). The molecule has 2 rings (SSSR count). The normalized spacial score (nSPS) is 10.2. The van der Waals surface area contributed by atoms with Crippen molar-refractivity contribution in [1.82, 2.24) is 0 Å². The molecule has 0 spiro atoms. The summed E-state index contributed by atoms with van der Waals surface area (Å²) in [6, 6.07) is 7.43. The molecule has 1 heterocycles. The monoisotopic (exact) mass is 333 g/mol. The first-order valence-electron chi connectivity index (χ1n) is 7.19. The van der Waals surface area contributed by atoms with Gasteiger partial charge in [0.05, 0.1) is 12.8 Å². The van der Waals surface area contributed by atoms with Gasteiger partial charge in [-0.05, 0) is 53.4 Å². The highest BCUT2D eigenvalue weighted by Crippen LogP contribution is 2.25. The molecule has 1 aromatic heterocycles. The maximum atomic E-state index is 11.9. The van der Waals surface area contributed by atoms with Crippen molar-refractivity contribution in [3.8, 4) is 5.75 Å². The summed E-state index contributed by atoms with van der Waals surface area (Å²) in [6.45, 7) is 1.61. The molecule has 0 bridgehead atoms. The summed E-state index contributed by atoms with van der Waals surface area (Å²) in [4.78, 5) is 23.5. The highest BCUT2D eigenvalue weighted by molar-refractivity contribution is 7.07. The molecule has 0 fully saturated rings. The van der Waals surface area contributed by atoms with Gasteiger partial charge in [-0.2, -0.15) is 11.3 Å². The van der Waals surface area contributed by atoms with Crippen molar-refractivity contribution in [2.45, 2.75) is 19.8 Å². The second-order valence-electron chi connectivity index (χ2n) is 5.04. The number of carbonyl (C=O) groups is 2. The Kier molecular flexibility index (Phi) is 6.17. The molecule has 5 nitrogen and oxygen atoms in total. The van der Waals surface area contributed by atoms with E-state index in [9.17, 15) is 9.59 Å². The smallest absolute Gasteiger partial charge is 0.306 e. The summed E-state index contributed by atoms with van der Waals surface area (Å²) in [5.74, 6) is -0.215. The largest absolute Gasteiger partial charge is 0.495 e. The lowest BCUT2D eigenvalue weighted by atomic mass is 10.2. The van der Waals surface area contributed by atoms with Crippen molar-refractivity contribution >= 4 is 28.9 Å². The van der Waals surface area contributed by atoms with Crippen LogP contribution in [0.25, 0.3) is 0 Å². The summed E-state index contributed by atoms with van der Waals surface area (Å²) < 4.78 is 10.2. The SMILES string of the molecule is COc1ccc(C)cc1NC(=O)COC(=O)CCc1ccsc1. The number of anilines is 1. The van der Waals surface area contributed by atoms with Crippen LogP contribution >= 0.6 is 11.3 Å². The molecule has 0 aliphatic carbocycles. The van der Waals surface area contributed by atoms with E-state index in [1.54, 1.807) is 23.5 Å². The summed E-state index contributed by atoms with van der Waals surface area (Å²) >= 11 is 1.59. The van der Waals surface area contributed by atoms with E-state index in [-0.39, 0.29) is 19.0 Å². The van der Waals surface area contributed by atoms with Gasteiger partial charge < -0.3 is 14.8 Å². The highest BCUT2D eigenvalue weighted by atomic mass is 32.1. The number of esters is 1. The molecule has 0 aliphatic rings. The Morgan fingerprint density at radius 3 is 2.78 bits per heavy atom. The van der Waals surface area contributed by atoms with Crippen molar-refractivity contribution in [3.63, 3.8) is 0 Å². The number of aryl methyl sites for hydroxylation is 2. The first-order valence-corrected chi connectivity index (χ1v) is 8.14. The second kappa shape index (κ2) is 8.33. The number of hydrogen-bond donors (Lipinski definition) is 1. The molecule has 0 aliphatic heterocycles. The lowest BCUT2D eigenvalue weighted by Gasteiger charge is -2.11. The minimum Gasteiger partial charge on any atom is -0.495 e. The molecular formula is C17H19NO4S. The number of benzene rings is 1. The highest BCUT2D eigenvalue weighted by Gasteiger charge is 2.11. The Labute approximate surface area is 139 Å². The topological polar surface area (TPSA) is 64.6 Å². The molecule has 0 radical (unpaired) electrons. The van der Waals surface area contributed by atoms with Crippen molar-refractivity contribution in [2.75, 3.05) is 19.0 Å². The van der Waals surface area contributed by atoms with E-state index < -0.39 is 5.91 Å². The van der Waals surface area contributed by atoms with Gasteiger partial charge in [-0.1, -0.05) is 6.07 Å². The van der Waals surface area contributed by atoms with Crippen LogP contribution in [0.1, 0.15) is 17.5 Å². The second-order valence-corrected chi connectivity index (χ2v) is 5.82. The van der Waals surface area contributed by atoms with Crippen molar-refractivity contribution < 1.29 is 19.1 Å². The van der Waals surface area contributed by atoms with Crippen LogP contribution in [-0.4, -0.2) is 25.6 Å². The van der Waals surface area contributed by atoms with Crippen LogP contribution in [0, 0.1) is 6.92 Å². The van der Waals surface area contributed by atoms with Crippen LogP contribution in [0.2, 0.25) is 0 Å². The van der Waals surface area contributed by atoms with Crippen molar-refractivity contribution in [2.24, 2.45) is 0 Å². The van der Waals surface area contributed by atoms with Crippen LogP contribution in [-0.2, 0) is 20.7 Å². The molecule has 6 heteroatoms. The Balaban J connectivity index is 1.78. The van der Waals surface area contributed by atoms with Gasteiger partial charge in [0.2, 0.25) is 0 Å². The van der Waals surface area contributed by atoms with Gasteiger partial charge in [-0.3, -0.25) is 9.59 Å². The van der Waals surface area contributed by atoms with Gasteiger partial charge in [0.15, 0.2) is 6.61 Å². The van der Waals surface area contributed by atoms with E-state index in [4.69, 9.17) is 9.47 Å². The lowest BCUT2D eigenvalue weighted by molar-refractivity contribution is -0.147. The van der Waals surface area contributed by atoms with Crippen LogP contribution in [0.4, 0.5) is 5.69 Å². The third-order valence-electron chi connectivity index (χ3n) is 3.19. The molecule has 1 aromatic carbocycles. The van der Waals surface area contributed by atoms with E-state index >= 15 is 0 Å². The minimum atomic E-state index is -0.391. The average Bonchev–Trinajstić information content (AvgIpc) is 3.04. The van der Waals surface area contributed by atoms with Gasteiger partial charge in [-0.25, -0.2) is 0 Å². The van der Waals surface area contributed by atoms with Gasteiger partial charge in [0.1, 0.15) is 5.75 Å². The Bertz CT molecular complexity index is 667. The number of carbonyl (C=O) groups excluding carboxylic acids is 2. The Morgan fingerprint density at radius 2 is 2.09 bits per heavy atom. The zero-order valence-electron chi connectivity index (χ0n) is 13.1. The average molecular weight is 333 g/mol. The Hall–Kier alpha value is -2.34. The molecule has 0 saturated heterocycles. The fraction of sp³-hybridized carbons (Fsp3) is 0.294. The lowest BCUT2D eigenvalue weighted by Crippen LogP contribution is -2.21. The first kappa shape index (κ1) is 17.0. The van der Waals surface area contributed by atoms with Crippen LogP contribution in [0.5, 0.6) is 5.75 Å². The molecule has 1 amide bonds. The zero-order valence-corrected chi connectivity index (χ0v) is 13.9. The molecule has 0 atom stereocenters. The molecular weight excluding hydrogens is 314 g/mol. The fourth-order valence-electron chi connectivity index (χ4n) is 2.01.